The van der Waals surface area contributed by atoms with Crippen LogP contribution in [0.15, 0.2) is 41.5 Å². The van der Waals surface area contributed by atoms with Gasteiger partial charge in [-0.05, 0) is 30.5 Å². The van der Waals surface area contributed by atoms with Gasteiger partial charge in [-0.1, -0.05) is 12.1 Å². The number of rotatable bonds is 3. The summed E-state index contributed by atoms with van der Waals surface area (Å²) in [6, 6.07) is 6.20. The Balaban J connectivity index is 1.72. The van der Waals surface area contributed by atoms with Crippen LogP contribution in [0.1, 0.15) is 30.3 Å². The number of nitrogens with zero attached hydrogens (tertiary/aromatic N) is 4. The fourth-order valence-corrected chi connectivity index (χ4v) is 2.90. The molecule has 1 unspecified atom stereocenters. The second-order valence-electron chi connectivity index (χ2n) is 5.61. The normalized spacial score (nSPS) is 17.9. The molecule has 0 aliphatic carbocycles. The average molecular weight is 314 g/mol. The number of hydrogen-bond donors (Lipinski definition) is 0. The van der Waals surface area contributed by atoms with Gasteiger partial charge < -0.3 is 9.30 Å². The van der Waals surface area contributed by atoms with Crippen LogP contribution in [0, 0.1) is 5.82 Å². The van der Waals surface area contributed by atoms with Gasteiger partial charge in [0.2, 0.25) is 5.65 Å². The van der Waals surface area contributed by atoms with E-state index in [-0.39, 0.29) is 29.7 Å². The molecule has 1 aliphatic heterocycles. The van der Waals surface area contributed by atoms with Crippen LogP contribution in [0.3, 0.4) is 0 Å². The van der Waals surface area contributed by atoms with E-state index in [0.717, 1.165) is 18.4 Å². The van der Waals surface area contributed by atoms with Crippen molar-refractivity contribution in [2.45, 2.75) is 25.5 Å². The molecule has 1 aromatic carbocycles. The van der Waals surface area contributed by atoms with Crippen LogP contribution in [-0.2, 0) is 11.3 Å². The third-order valence-corrected chi connectivity index (χ3v) is 4.03. The van der Waals surface area contributed by atoms with Crippen LogP contribution in [-0.4, -0.2) is 25.8 Å². The Kier molecular flexibility index (Phi) is 3.42. The Morgan fingerprint density at radius 2 is 2.22 bits per heavy atom. The molecular formula is C16H15FN4O2. The van der Waals surface area contributed by atoms with E-state index < -0.39 is 0 Å². The fourth-order valence-electron chi connectivity index (χ4n) is 2.90. The van der Waals surface area contributed by atoms with Gasteiger partial charge in [0.1, 0.15) is 11.9 Å². The lowest BCUT2D eigenvalue weighted by Gasteiger charge is -2.09. The minimum atomic E-state index is -0.320. The van der Waals surface area contributed by atoms with Crippen molar-refractivity contribution in [3.8, 4) is 0 Å². The maximum atomic E-state index is 13.3. The van der Waals surface area contributed by atoms with E-state index in [1.54, 1.807) is 28.9 Å². The van der Waals surface area contributed by atoms with Gasteiger partial charge in [-0.15, -0.1) is 10.2 Å². The molecule has 0 N–H and O–H groups in total. The highest BCUT2D eigenvalue weighted by Gasteiger charge is 2.24. The second-order valence-corrected chi connectivity index (χ2v) is 5.61. The first-order valence-electron chi connectivity index (χ1n) is 7.52. The summed E-state index contributed by atoms with van der Waals surface area (Å²) in [6.45, 7) is 0.992. The number of aromatic nitrogens is 4. The smallest absolute Gasteiger partial charge is 0.296 e. The first-order valence-corrected chi connectivity index (χ1v) is 7.52. The van der Waals surface area contributed by atoms with Crippen molar-refractivity contribution < 1.29 is 9.13 Å². The third kappa shape index (κ3) is 2.53. The van der Waals surface area contributed by atoms with Crippen molar-refractivity contribution in [1.29, 1.82) is 0 Å². The molecule has 0 spiro atoms. The predicted octanol–water partition coefficient (Wildman–Crippen LogP) is 1.93. The van der Waals surface area contributed by atoms with Gasteiger partial charge in [-0.3, -0.25) is 9.20 Å². The molecule has 3 aromatic rings. The van der Waals surface area contributed by atoms with E-state index in [0.29, 0.717) is 12.4 Å². The van der Waals surface area contributed by atoms with Gasteiger partial charge in [-0.25, -0.2) is 4.39 Å². The Bertz CT molecular complexity index is 912. The highest BCUT2D eigenvalue weighted by molar-refractivity contribution is 5.35. The summed E-state index contributed by atoms with van der Waals surface area (Å²) in [7, 11) is 0. The van der Waals surface area contributed by atoms with Gasteiger partial charge in [0, 0.05) is 19.0 Å². The van der Waals surface area contributed by atoms with Crippen LogP contribution in [0.25, 0.3) is 5.65 Å². The number of halogens is 1. The molecule has 118 valence electrons. The number of benzene rings is 1. The van der Waals surface area contributed by atoms with Crippen molar-refractivity contribution in [1.82, 2.24) is 19.2 Å². The van der Waals surface area contributed by atoms with Gasteiger partial charge >= 0.3 is 0 Å². The van der Waals surface area contributed by atoms with E-state index in [2.05, 4.69) is 10.2 Å². The third-order valence-electron chi connectivity index (χ3n) is 4.03. The molecule has 1 fully saturated rings. The highest BCUT2D eigenvalue weighted by atomic mass is 19.1. The fraction of sp³-hybridized carbons (Fsp3) is 0.312. The first-order chi connectivity index (χ1) is 11.2. The van der Waals surface area contributed by atoms with Gasteiger partial charge in [-0.2, -0.15) is 0 Å². The van der Waals surface area contributed by atoms with Gasteiger partial charge in [0.05, 0.1) is 6.54 Å². The lowest BCUT2D eigenvalue weighted by molar-refractivity contribution is 0.104. The summed E-state index contributed by atoms with van der Waals surface area (Å²) in [5.41, 5.74) is 0.721. The number of ether oxygens (including phenoxy) is 1. The predicted molar refractivity (Wildman–Crippen MR) is 80.7 cm³/mol. The summed E-state index contributed by atoms with van der Waals surface area (Å²) in [5.74, 6) is 0.340. The lowest BCUT2D eigenvalue weighted by Crippen LogP contribution is -2.22. The summed E-state index contributed by atoms with van der Waals surface area (Å²) < 4.78 is 22.1. The molecule has 1 aliphatic rings. The summed E-state index contributed by atoms with van der Waals surface area (Å²) >= 11 is 0. The summed E-state index contributed by atoms with van der Waals surface area (Å²) in [6.07, 6.45) is 5.18. The number of fused-ring (bicyclic) bond motifs is 1. The molecule has 23 heavy (non-hydrogen) atoms. The Morgan fingerprint density at radius 1 is 1.30 bits per heavy atom. The first kappa shape index (κ1) is 14.1. The molecule has 0 bridgehead atoms. The molecule has 1 saturated heterocycles. The molecule has 4 rings (SSSR count). The standard InChI is InChI=1S/C16H15FN4O2/c17-12-4-1-3-11(9-12)10-20-6-7-21-14(13-5-2-8-23-13)18-19-15(21)16(20)22/h1,3-4,6-7,9,13H,2,5,8,10H2. The van der Waals surface area contributed by atoms with Crippen molar-refractivity contribution in [2.75, 3.05) is 6.61 Å². The van der Waals surface area contributed by atoms with E-state index in [9.17, 15) is 9.18 Å². The molecule has 0 radical (unpaired) electrons. The molecule has 0 saturated carbocycles. The van der Waals surface area contributed by atoms with Crippen LogP contribution < -0.4 is 5.56 Å². The van der Waals surface area contributed by atoms with Crippen molar-refractivity contribution in [2.24, 2.45) is 0 Å². The largest absolute Gasteiger partial charge is 0.370 e. The van der Waals surface area contributed by atoms with E-state index >= 15 is 0 Å². The molecule has 1 atom stereocenters. The Morgan fingerprint density at radius 3 is 3.00 bits per heavy atom. The van der Waals surface area contributed by atoms with E-state index in [1.807, 2.05) is 0 Å². The Labute approximate surface area is 131 Å². The molecule has 2 aromatic heterocycles. The van der Waals surface area contributed by atoms with Crippen LogP contribution in [0.4, 0.5) is 4.39 Å². The van der Waals surface area contributed by atoms with Crippen molar-refractivity contribution in [3.63, 3.8) is 0 Å². The average Bonchev–Trinajstić information content (AvgIpc) is 3.19. The quantitative estimate of drug-likeness (QED) is 0.741. The maximum Gasteiger partial charge on any atom is 0.296 e. The van der Waals surface area contributed by atoms with E-state index in [4.69, 9.17) is 4.74 Å². The van der Waals surface area contributed by atoms with Crippen molar-refractivity contribution in [3.05, 3.63) is 64.2 Å². The summed E-state index contributed by atoms with van der Waals surface area (Å²) in [4.78, 5) is 12.6. The van der Waals surface area contributed by atoms with Gasteiger partial charge in [0.25, 0.3) is 5.56 Å². The number of hydrogen-bond acceptors (Lipinski definition) is 4. The molecule has 6 nitrogen and oxygen atoms in total. The zero-order chi connectivity index (χ0) is 15.8. The maximum absolute atomic E-state index is 13.3. The minimum Gasteiger partial charge on any atom is -0.370 e. The molecule has 3 heterocycles. The zero-order valence-corrected chi connectivity index (χ0v) is 12.4. The monoisotopic (exact) mass is 314 g/mol. The molecule has 7 heteroatoms. The molecular weight excluding hydrogens is 299 g/mol. The van der Waals surface area contributed by atoms with Crippen molar-refractivity contribution >= 4 is 5.65 Å². The lowest BCUT2D eigenvalue weighted by atomic mass is 10.2. The molecule has 0 amide bonds. The second kappa shape index (κ2) is 5.58. The highest BCUT2D eigenvalue weighted by Crippen LogP contribution is 2.26. The zero-order valence-electron chi connectivity index (χ0n) is 12.4. The van der Waals surface area contributed by atoms with Crippen LogP contribution in [0.2, 0.25) is 0 Å². The SMILES string of the molecule is O=c1c2nnc(C3CCCO3)n2ccn1Cc1cccc(F)c1. The minimum absolute atomic E-state index is 0.108. The van der Waals surface area contributed by atoms with Crippen LogP contribution >= 0.6 is 0 Å². The van der Waals surface area contributed by atoms with E-state index in [1.165, 1.54) is 16.7 Å². The summed E-state index contributed by atoms with van der Waals surface area (Å²) in [5, 5.41) is 8.12. The topological polar surface area (TPSA) is 61.4 Å². The van der Waals surface area contributed by atoms with Crippen LogP contribution in [0.5, 0.6) is 0 Å². The Hall–Kier alpha value is -2.54. The van der Waals surface area contributed by atoms with Gasteiger partial charge in [0.15, 0.2) is 5.82 Å².